The molecular formula is C12H15N3. The normalized spacial score (nSPS) is 11.6. The minimum absolute atomic E-state index is 0.0653. The highest BCUT2D eigenvalue weighted by Crippen LogP contribution is 2.29. The SMILES string of the molecule is CC(C)(c1ccc(N)cc1)c1ccn[nH]1. The Bertz CT molecular complexity index is 426. The van der Waals surface area contributed by atoms with Gasteiger partial charge in [-0.1, -0.05) is 26.0 Å². The predicted octanol–water partition coefficient (Wildman–Crippen LogP) is 2.32. The van der Waals surface area contributed by atoms with Crippen LogP contribution >= 0.6 is 0 Å². The van der Waals surface area contributed by atoms with E-state index in [2.05, 4.69) is 36.2 Å². The summed E-state index contributed by atoms with van der Waals surface area (Å²) in [6.45, 7) is 4.32. The molecular weight excluding hydrogens is 186 g/mol. The molecule has 2 rings (SSSR count). The number of H-pyrrole nitrogens is 1. The third-order valence-electron chi connectivity index (χ3n) is 2.81. The molecule has 0 aliphatic rings. The first-order valence-electron chi connectivity index (χ1n) is 4.96. The van der Waals surface area contributed by atoms with Gasteiger partial charge < -0.3 is 5.73 Å². The smallest absolute Gasteiger partial charge is 0.0490 e. The largest absolute Gasteiger partial charge is 0.399 e. The van der Waals surface area contributed by atoms with Gasteiger partial charge in [0.15, 0.2) is 0 Å². The molecule has 0 saturated carbocycles. The molecule has 0 radical (unpaired) electrons. The van der Waals surface area contributed by atoms with Crippen LogP contribution in [0.2, 0.25) is 0 Å². The number of rotatable bonds is 2. The van der Waals surface area contributed by atoms with Crippen LogP contribution < -0.4 is 5.73 Å². The number of nitrogens with one attached hydrogen (secondary N) is 1. The second kappa shape index (κ2) is 3.42. The zero-order valence-electron chi connectivity index (χ0n) is 8.99. The number of nitrogens with zero attached hydrogens (tertiary/aromatic N) is 1. The van der Waals surface area contributed by atoms with Gasteiger partial charge >= 0.3 is 0 Å². The summed E-state index contributed by atoms with van der Waals surface area (Å²) in [7, 11) is 0. The molecule has 0 fully saturated rings. The van der Waals surface area contributed by atoms with E-state index in [4.69, 9.17) is 5.73 Å². The van der Waals surface area contributed by atoms with Crippen molar-refractivity contribution < 1.29 is 0 Å². The summed E-state index contributed by atoms with van der Waals surface area (Å²) in [6, 6.07) is 9.95. The van der Waals surface area contributed by atoms with Crippen molar-refractivity contribution in [3.05, 3.63) is 47.8 Å². The summed E-state index contributed by atoms with van der Waals surface area (Å²) in [6.07, 6.45) is 1.77. The minimum Gasteiger partial charge on any atom is -0.399 e. The number of nitrogens with two attached hydrogens (primary N) is 1. The van der Waals surface area contributed by atoms with E-state index in [1.807, 2.05) is 18.2 Å². The van der Waals surface area contributed by atoms with Gasteiger partial charge in [0.05, 0.1) is 0 Å². The molecule has 0 aliphatic heterocycles. The highest BCUT2D eigenvalue weighted by molar-refractivity contribution is 5.43. The zero-order chi connectivity index (χ0) is 10.9. The topological polar surface area (TPSA) is 54.7 Å². The van der Waals surface area contributed by atoms with Gasteiger partial charge in [-0.3, -0.25) is 5.10 Å². The second-order valence-corrected chi connectivity index (χ2v) is 4.22. The fraction of sp³-hybridized carbons (Fsp3) is 0.250. The van der Waals surface area contributed by atoms with E-state index in [9.17, 15) is 0 Å². The highest BCUT2D eigenvalue weighted by Gasteiger charge is 2.24. The number of anilines is 1. The highest BCUT2D eigenvalue weighted by atomic mass is 15.1. The summed E-state index contributed by atoms with van der Waals surface area (Å²) in [5.41, 5.74) is 8.72. The lowest BCUT2D eigenvalue weighted by Gasteiger charge is -2.23. The van der Waals surface area contributed by atoms with E-state index >= 15 is 0 Å². The van der Waals surface area contributed by atoms with E-state index in [0.717, 1.165) is 11.4 Å². The molecule has 1 aromatic carbocycles. The van der Waals surface area contributed by atoms with Crippen LogP contribution in [0.3, 0.4) is 0 Å². The molecule has 0 amide bonds. The van der Waals surface area contributed by atoms with E-state index in [0.29, 0.717) is 0 Å². The van der Waals surface area contributed by atoms with Crippen LogP contribution in [0.4, 0.5) is 5.69 Å². The number of aromatic nitrogens is 2. The Morgan fingerprint density at radius 1 is 1.13 bits per heavy atom. The van der Waals surface area contributed by atoms with Crippen molar-refractivity contribution in [2.24, 2.45) is 0 Å². The summed E-state index contributed by atoms with van der Waals surface area (Å²) in [5.74, 6) is 0. The van der Waals surface area contributed by atoms with Crippen molar-refractivity contribution >= 4 is 5.69 Å². The maximum atomic E-state index is 5.67. The Morgan fingerprint density at radius 2 is 1.80 bits per heavy atom. The van der Waals surface area contributed by atoms with Gasteiger partial charge in [-0.05, 0) is 23.8 Å². The monoisotopic (exact) mass is 201 g/mol. The Hall–Kier alpha value is -1.77. The molecule has 1 heterocycles. The number of benzene rings is 1. The zero-order valence-corrected chi connectivity index (χ0v) is 8.99. The van der Waals surface area contributed by atoms with Crippen molar-refractivity contribution in [3.63, 3.8) is 0 Å². The van der Waals surface area contributed by atoms with Crippen LogP contribution in [0.15, 0.2) is 36.5 Å². The van der Waals surface area contributed by atoms with Crippen molar-refractivity contribution in [2.75, 3.05) is 5.73 Å². The molecule has 0 saturated heterocycles. The first-order valence-corrected chi connectivity index (χ1v) is 4.96. The van der Waals surface area contributed by atoms with Crippen LogP contribution in [0.1, 0.15) is 25.1 Å². The summed E-state index contributed by atoms with van der Waals surface area (Å²) < 4.78 is 0. The average molecular weight is 201 g/mol. The van der Waals surface area contributed by atoms with Crippen molar-refractivity contribution in [2.45, 2.75) is 19.3 Å². The standard InChI is InChI=1S/C12H15N3/c1-12(2,11-7-8-14-15-11)9-3-5-10(13)6-4-9/h3-8H,13H2,1-2H3,(H,14,15). The fourth-order valence-electron chi connectivity index (χ4n) is 1.66. The first-order chi connectivity index (χ1) is 7.10. The fourth-order valence-corrected chi connectivity index (χ4v) is 1.66. The number of aromatic amines is 1. The minimum atomic E-state index is -0.0653. The van der Waals surface area contributed by atoms with E-state index in [-0.39, 0.29) is 5.41 Å². The van der Waals surface area contributed by atoms with Gasteiger partial charge in [0.25, 0.3) is 0 Å². The lowest BCUT2D eigenvalue weighted by Crippen LogP contribution is -2.19. The maximum absolute atomic E-state index is 5.67. The van der Waals surface area contributed by atoms with Crippen molar-refractivity contribution in [1.29, 1.82) is 0 Å². The Labute approximate surface area is 89.3 Å². The Kier molecular flexibility index (Phi) is 2.23. The molecule has 0 unspecified atom stereocenters. The van der Waals surface area contributed by atoms with Gasteiger partial charge in [-0.2, -0.15) is 5.10 Å². The third kappa shape index (κ3) is 1.73. The van der Waals surface area contributed by atoms with E-state index in [1.54, 1.807) is 6.20 Å². The molecule has 0 atom stereocenters. The molecule has 3 N–H and O–H groups in total. The lowest BCUT2D eigenvalue weighted by atomic mass is 9.81. The molecule has 3 nitrogen and oxygen atoms in total. The lowest BCUT2D eigenvalue weighted by molar-refractivity contribution is 0.614. The Morgan fingerprint density at radius 3 is 2.33 bits per heavy atom. The van der Waals surface area contributed by atoms with E-state index < -0.39 is 0 Å². The van der Waals surface area contributed by atoms with Gasteiger partial charge in [0, 0.05) is 23.0 Å². The number of hydrogen-bond acceptors (Lipinski definition) is 2. The average Bonchev–Trinajstić information content (AvgIpc) is 2.71. The number of nitrogen functional groups attached to an aromatic ring is 1. The van der Waals surface area contributed by atoms with Crippen LogP contribution in [-0.2, 0) is 5.41 Å². The summed E-state index contributed by atoms with van der Waals surface area (Å²) in [5, 5.41) is 6.99. The predicted molar refractivity (Wildman–Crippen MR) is 61.6 cm³/mol. The van der Waals surface area contributed by atoms with Crippen LogP contribution in [0.25, 0.3) is 0 Å². The van der Waals surface area contributed by atoms with Crippen molar-refractivity contribution in [1.82, 2.24) is 10.2 Å². The Balaban J connectivity index is 2.41. The molecule has 15 heavy (non-hydrogen) atoms. The van der Waals surface area contributed by atoms with Crippen molar-refractivity contribution in [3.8, 4) is 0 Å². The van der Waals surface area contributed by atoms with Gasteiger partial charge in [-0.15, -0.1) is 0 Å². The maximum Gasteiger partial charge on any atom is 0.0490 e. The second-order valence-electron chi connectivity index (χ2n) is 4.22. The van der Waals surface area contributed by atoms with Crippen LogP contribution in [0, 0.1) is 0 Å². The van der Waals surface area contributed by atoms with Gasteiger partial charge in [-0.25, -0.2) is 0 Å². The number of hydrogen-bond donors (Lipinski definition) is 2. The molecule has 1 aromatic heterocycles. The summed E-state index contributed by atoms with van der Waals surface area (Å²) in [4.78, 5) is 0. The van der Waals surface area contributed by atoms with E-state index in [1.165, 1.54) is 5.56 Å². The van der Waals surface area contributed by atoms with Gasteiger partial charge in [0.1, 0.15) is 0 Å². The summed E-state index contributed by atoms with van der Waals surface area (Å²) >= 11 is 0. The molecule has 78 valence electrons. The van der Waals surface area contributed by atoms with Crippen LogP contribution in [0.5, 0.6) is 0 Å². The third-order valence-corrected chi connectivity index (χ3v) is 2.81. The first kappa shape index (κ1) is 9.77. The molecule has 0 bridgehead atoms. The molecule has 2 aromatic rings. The molecule has 0 aliphatic carbocycles. The quantitative estimate of drug-likeness (QED) is 0.732. The van der Waals surface area contributed by atoms with Crippen LogP contribution in [-0.4, -0.2) is 10.2 Å². The van der Waals surface area contributed by atoms with Gasteiger partial charge in [0.2, 0.25) is 0 Å². The molecule has 0 spiro atoms. The molecule has 3 heteroatoms.